The molecule has 0 radical (unpaired) electrons. The van der Waals surface area contributed by atoms with E-state index in [9.17, 15) is 8.42 Å². The molecular weight excluding hydrogens is 276 g/mol. The summed E-state index contributed by atoms with van der Waals surface area (Å²) < 4.78 is 27.1. The summed E-state index contributed by atoms with van der Waals surface area (Å²) in [6, 6.07) is 3.10. The predicted molar refractivity (Wildman–Crippen MR) is 78.5 cm³/mol. The van der Waals surface area contributed by atoms with Crippen molar-refractivity contribution < 1.29 is 8.42 Å². The van der Waals surface area contributed by atoms with Gasteiger partial charge in [-0.2, -0.15) is 4.31 Å². The van der Waals surface area contributed by atoms with Gasteiger partial charge in [0.25, 0.3) is 0 Å². The maximum Gasteiger partial charge on any atom is 0.243 e. The zero-order valence-corrected chi connectivity index (χ0v) is 12.6. The summed E-state index contributed by atoms with van der Waals surface area (Å²) in [6.45, 7) is 2.37. The number of nitrogens with two attached hydrogens (primary N) is 1. The highest BCUT2D eigenvalue weighted by molar-refractivity contribution is 7.89. The molecule has 1 fully saturated rings. The van der Waals surface area contributed by atoms with Crippen LogP contribution in [0.5, 0.6) is 0 Å². The van der Waals surface area contributed by atoms with Gasteiger partial charge in [0.15, 0.2) is 0 Å². The number of sulfonamides is 1. The molecule has 1 aromatic heterocycles. The maximum absolute atomic E-state index is 12.8. The van der Waals surface area contributed by atoms with Crippen molar-refractivity contribution in [2.45, 2.75) is 50.0 Å². The van der Waals surface area contributed by atoms with Crippen LogP contribution in [0.1, 0.15) is 39.0 Å². The molecule has 3 N–H and O–H groups in total. The molecule has 1 saturated carbocycles. The molecule has 1 aliphatic carbocycles. The van der Waals surface area contributed by atoms with E-state index in [1.54, 1.807) is 4.31 Å². The fourth-order valence-electron chi connectivity index (χ4n) is 2.78. The second-order valence-electron chi connectivity index (χ2n) is 5.02. The van der Waals surface area contributed by atoms with Crippen molar-refractivity contribution in [3.05, 3.63) is 18.3 Å². The van der Waals surface area contributed by atoms with Gasteiger partial charge in [-0.3, -0.25) is 0 Å². The molecule has 1 aromatic rings. The fourth-order valence-corrected chi connectivity index (χ4v) is 4.49. The number of nitrogen functional groups attached to an aromatic ring is 1. The van der Waals surface area contributed by atoms with Gasteiger partial charge in [-0.1, -0.05) is 26.2 Å². The van der Waals surface area contributed by atoms with Crippen LogP contribution < -0.4 is 11.3 Å². The first-order valence-corrected chi connectivity index (χ1v) is 8.48. The van der Waals surface area contributed by atoms with Gasteiger partial charge in [0, 0.05) is 24.8 Å². The van der Waals surface area contributed by atoms with E-state index in [1.165, 1.54) is 24.8 Å². The van der Waals surface area contributed by atoms with Gasteiger partial charge in [-0.15, -0.1) is 0 Å². The lowest BCUT2D eigenvalue weighted by molar-refractivity contribution is 0.261. The lowest BCUT2D eigenvalue weighted by Crippen LogP contribution is -2.41. The molecule has 0 aliphatic heterocycles. The van der Waals surface area contributed by atoms with Crippen LogP contribution >= 0.6 is 0 Å². The Bertz CT molecular complexity index is 541. The van der Waals surface area contributed by atoms with E-state index in [0.717, 1.165) is 25.7 Å². The molecule has 2 rings (SSSR count). The lowest BCUT2D eigenvalue weighted by atomic mass is 9.95. The lowest BCUT2D eigenvalue weighted by Gasteiger charge is -2.32. The second kappa shape index (κ2) is 6.51. The van der Waals surface area contributed by atoms with Crippen molar-refractivity contribution in [1.82, 2.24) is 9.29 Å². The summed E-state index contributed by atoms with van der Waals surface area (Å²) in [6.07, 6.45) is 6.74. The summed E-state index contributed by atoms with van der Waals surface area (Å²) in [5.74, 6) is 5.65. The number of rotatable bonds is 5. The number of hydrogen-bond acceptors (Lipinski definition) is 5. The number of aromatic nitrogens is 1. The zero-order valence-electron chi connectivity index (χ0n) is 11.7. The molecule has 0 spiro atoms. The van der Waals surface area contributed by atoms with Crippen LogP contribution in [-0.2, 0) is 10.0 Å². The van der Waals surface area contributed by atoms with Crippen LogP contribution in [0.25, 0.3) is 0 Å². The first-order chi connectivity index (χ1) is 9.59. The van der Waals surface area contributed by atoms with Gasteiger partial charge in [0.05, 0.1) is 4.90 Å². The average Bonchev–Trinajstić information content (AvgIpc) is 2.49. The molecule has 1 heterocycles. The second-order valence-corrected chi connectivity index (χ2v) is 6.91. The zero-order chi connectivity index (χ0) is 14.6. The Morgan fingerprint density at radius 3 is 2.70 bits per heavy atom. The largest absolute Gasteiger partial charge is 0.308 e. The van der Waals surface area contributed by atoms with Crippen molar-refractivity contribution in [2.24, 2.45) is 5.84 Å². The topological polar surface area (TPSA) is 88.3 Å². The van der Waals surface area contributed by atoms with Crippen LogP contribution in [0, 0.1) is 0 Å². The smallest absolute Gasteiger partial charge is 0.243 e. The Balaban J connectivity index is 2.30. The normalized spacial score (nSPS) is 17.4. The van der Waals surface area contributed by atoms with Gasteiger partial charge in [0.1, 0.15) is 5.82 Å². The van der Waals surface area contributed by atoms with Crippen molar-refractivity contribution in [2.75, 3.05) is 12.0 Å². The van der Waals surface area contributed by atoms with Crippen LogP contribution in [0.15, 0.2) is 23.2 Å². The quantitative estimate of drug-likeness (QED) is 0.638. The monoisotopic (exact) mass is 298 g/mol. The number of nitrogens with one attached hydrogen (secondary N) is 1. The third-order valence-corrected chi connectivity index (χ3v) is 5.80. The molecule has 6 nitrogen and oxygen atoms in total. The summed E-state index contributed by atoms with van der Waals surface area (Å²) in [7, 11) is -3.49. The van der Waals surface area contributed by atoms with Crippen LogP contribution in [0.4, 0.5) is 5.82 Å². The van der Waals surface area contributed by atoms with Gasteiger partial charge in [-0.05, 0) is 18.9 Å². The molecule has 7 heteroatoms. The molecule has 112 valence electrons. The Morgan fingerprint density at radius 1 is 1.40 bits per heavy atom. The highest BCUT2D eigenvalue weighted by atomic mass is 32.2. The predicted octanol–water partition coefficient (Wildman–Crippen LogP) is 1.71. The van der Waals surface area contributed by atoms with Crippen molar-refractivity contribution in [3.63, 3.8) is 0 Å². The fraction of sp³-hybridized carbons (Fsp3) is 0.615. The van der Waals surface area contributed by atoms with E-state index < -0.39 is 10.0 Å². The number of pyridine rings is 1. The van der Waals surface area contributed by atoms with E-state index in [1.807, 2.05) is 6.92 Å². The standard InChI is InChI=1S/C13H22N4O2S/c1-2-17(11-6-4-3-5-7-11)20(18,19)12-8-9-15-13(10-12)16-14/h8-11H,2-7,14H2,1H3,(H,15,16). The number of hydrogen-bond donors (Lipinski definition) is 2. The molecule has 20 heavy (non-hydrogen) atoms. The van der Waals surface area contributed by atoms with Crippen molar-refractivity contribution in [1.29, 1.82) is 0 Å². The molecule has 0 aromatic carbocycles. The third kappa shape index (κ3) is 3.11. The van der Waals surface area contributed by atoms with Gasteiger partial charge in [-0.25, -0.2) is 19.2 Å². The summed E-state index contributed by atoms with van der Waals surface area (Å²) in [5.41, 5.74) is 2.38. The van der Waals surface area contributed by atoms with E-state index in [0.29, 0.717) is 12.4 Å². The number of hydrazine groups is 1. The Morgan fingerprint density at radius 2 is 2.10 bits per heavy atom. The maximum atomic E-state index is 12.8. The van der Waals surface area contributed by atoms with E-state index >= 15 is 0 Å². The minimum atomic E-state index is -3.49. The third-order valence-electron chi connectivity index (χ3n) is 3.78. The van der Waals surface area contributed by atoms with Crippen LogP contribution in [0.2, 0.25) is 0 Å². The SMILES string of the molecule is CCN(C1CCCCC1)S(=O)(=O)c1ccnc(NN)c1. The molecule has 0 atom stereocenters. The summed E-state index contributed by atoms with van der Waals surface area (Å²) in [4.78, 5) is 4.19. The van der Waals surface area contributed by atoms with E-state index in [4.69, 9.17) is 5.84 Å². The van der Waals surface area contributed by atoms with Gasteiger partial charge >= 0.3 is 0 Å². The van der Waals surface area contributed by atoms with Crippen LogP contribution in [-0.4, -0.2) is 30.3 Å². The molecule has 0 saturated heterocycles. The van der Waals surface area contributed by atoms with Crippen LogP contribution in [0.3, 0.4) is 0 Å². The Labute approximate surface area is 120 Å². The first-order valence-electron chi connectivity index (χ1n) is 7.04. The average molecular weight is 298 g/mol. The minimum absolute atomic E-state index is 0.112. The summed E-state index contributed by atoms with van der Waals surface area (Å²) >= 11 is 0. The van der Waals surface area contributed by atoms with Gasteiger partial charge in [0.2, 0.25) is 10.0 Å². The molecule has 0 unspecified atom stereocenters. The minimum Gasteiger partial charge on any atom is -0.308 e. The Kier molecular flexibility index (Phi) is 4.95. The van der Waals surface area contributed by atoms with Crippen molar-refractivity contribution in [3.8, 4) is 0 Å². The van der Waals surface area contributed by atoms with Gasteiger partial charge < -0.3 is 5.43 Å². The highest BCUT2D eigenvalue weighted by Gasteiger charge is 2.31. The van der Waals surface area contributed by atoms with E-state index in [2.05, 4.69) is 10.4 Å². The van der Waals surface area contributed by atoms with E-state index in [-0.39, 0.29) is 10.9 Å². The number of nitrogens with zero attached hydrogens (tertiary/aromatic N) is 2. The molecule has 1 aliphatic rings. The summed E-state index contributed by atoms with van der Waals surface area (Å²) in [5, 5.41) is 0. The molecule has 0 amide bonds. The highest BCUT2D eigenvalue weighted by Crippen LogP contribution is 2.27. The number of anilines is 1. The van der Waals surface area contributed by atoms with Crippen molar-refractivity contribution >= 4 is 15.8 Å². The molecular formula is C13H22N4O2S. The first kappa shape index (κ1) is 15.2. The molecule has 0 bridgehead atoms. The Hall–Kier alpha value is -1.18.